The smallest absolute Gasteiger partial charge is 0.303 e. The van der Waals surface area contributed by atoms with Gasteiger partial charge in [0.1, 0.15) is 0 Å². The molecular weight excluding hydrogens is 238 g/mol. The van der Waals surface area contributed by atoms with E-state index in [4.69, 9.17) is 5.11 Å². The first-order chi connectivity index (χ1) is 7.70. The topological polar surface area (TPSA) is 49.3 Å². The zero-order chi connectivity index (χ0) is 11.5. The molecule has 0 unspecified atom stereocenters. The van der Waals surface area contributed by atoms with Gasteiger partial charge in [0.05, 0.1) is 6.42 Å². The van der Waals surface area contributed by atoms with E-state index in [1.165, 1.54) is 11.3 Å². The fraction of sp³-hybridized carbons (Fsp3) is 0.462. The van der Waals surface area contributed by atoms with Crippen LogP contribution in [0.3, 0.4) is 0 Å². The quantitative estimate of drug-likeness (QED) is 0.870. The molecule has 0 aromatic heterocycles. The largest absolute Gasteiger partial charge is 0.481 e. The van der Waals surface area contributed by atoms with Crippen molar-refractivity contribution in [2.24, 2.45) is 0 Å². The summed E-state index contributed by atoms with van der Waals surface area (Å²) < 4.78 is 0. The minimum atomic E-state index is -0.717. The van der Waals surface area contributed by atoms with Gasteiger partial charge in [-0.05, 0) is 36.0 Å². The van der Waals surface area contributed by atoms with Gasteiger partial charge in [0, 0.05) is 12.2 Å². The molecule has 1 aliphatic heterocycles. The predicted molar refractivity (Wildman–Crippen MR) is 71.2 cm³/mol. The first kappa shape index (κ1) is 13.8. The molecule has 17 heavy (non-hydrogen) atoms. The maximum absolute atomic E-state index is 10.8. The zero-order valence-electron chi connectivity index (χ0n) is 9.90. The number of anilines is 1. The van der Waals surface area contributed by atoms with Crippen molar-refractivity contribution in [2.75, 3.05) is 11.9 Å². The van der Waals surface area contributed by atoms with Gasteiger partial charge in [-0.3, -0.25) is 4.79 Å². The lowest BCUT2D eigenvalue weighted by Gasteiger charge is -2.14. The van der Waals surface area contributed by atoms with Crippen LogP contribution in [0.2, 0.25) is 0 Å². The van der Waals surface area contributed by atoms with Crippen molar-refractivity contribution in [3.63, 3.8) is 0 Å². The lowest BCUT2D eigenvalue weighted by Crippen LogP contribution is -2.05. The number of hydrogen-bond acceptors (Lipinski definition) is 2. The Labute approximate surface area is 108 Å². The fourth-order valence-electron chi connectivity index (χ4n) is 2.29. The Morgan fingerprint density at radius 1 is 1.53 bits per heavy atom. The van der Waals surface area contributed by atoms with Crippen molar-refractivity contribution in [1.82, 2.24) is 0 Å². The molecule has 1 aliphatic rings. The highest BCUT2D eigenvalue weighted by molar-refractivity contribution is 5.85. The second-order valence-corrected chi connectivity index (χ2v) is 4.30. The van der Waals surface area contributed by atoms with Gasteiger partial charge in [-0.2, -0.15) is 0 Å². The lowest BCUT2D eigenvalue weighted by molar-refractivity contribution is -0.137. The number of carboxylic acids is 1. The molecule has 3 nitrogen and oxygen atoms in total. The van der Waals surface area contributed by atoms with Crippen LogP contribution >= 0.6 is 12.4 Å². The van der Waals surface area contributed by atoms with Gasteiger partial charge in [0.25, 0.3) is 0 Å². The molecule has 94 valence electrons. The molecule has 1 aromatic carbocycles. The molecule has 4 heteroatoms. The second kappa shape index (κ2) is 5.92. The van der Waals surface area contributed by atoms with E-state index in [9.17, 15) is 4.79 Å². The van der Waals surface area contributed by atoms with Crippen LogP contribution in [0, 0.1) is 0 Å². The number of nitrogens with one attached hydrogen (secondary N) is 1. The van der Waals surface area contributed by atoms with Gasteiger partial charge in [0.2, 0.25) is 0 Å². The van der Waals surface area contributed by atoms with Gasteiger partial charge in [-0.25, -0.2) is 0 Å². The van der Waals surface area contributed by atoms with E-state index >= 15 is 0 Å². The van der Waals surface area contributed by atoms with Crippen LogP contribution in [0.25, 0.3) is 0 Å². The van der Waals surface area contributed by atoms with Crippen molar-refractivity contribution in [2.45, 2.75) is 32.1 Å². The highest BCUT2D eigenvalue weighted by atomic mass is 35.5. The van der Waals surface area contributed by atoms with Crippen LogP contribution in [-0.4, -0.2) is 17.6 Å². The Morgan fingerprint density at radius 3 is 2.94 bits per heavy atom. The molecule has 0 bridgehead atoms. The number of carbonyl (C=O) groups is 1. The third-order valence-corrected chi connectivity index (χ3v) is 3.22. The molecule has 0 saturated heterocycles. The third-order valence-electron chi connectivity index (χ3n) is 3.22. The summed E-state index contributed by atoms with van der Waals surface area (Å²) >= 11 is 0. The van der Waals surface area contributed by atoms with E-state index in [1.54, 1.807) is 0 Å². The Hall–Kier alpha value is -1.22. The summed E-state index contributed by atoms with van der Waals surface area (Å²) in [6.07, 6.45) is 2.15. The van der Waals surface area contributed by atoms with Crippen LogP contribution in [0.1, 0.15) is 36.8 Å². The molecule has 0 spiro atoms. The van der Waals surface area contributed by atoms with Gasteiger partial charge in [-0.15, -0.1) is 12.4 Å². The first-order valence-electron chi connectivity index (χ1n) is 5.79. The number of carboxylic acid groups (broad SMARTS) is 1. The van der Waals surface area contributed by atoms with Crippen LogP contribution in [0.4, 0.5) is 5.69 Å². The van der Waals surface area contributed by atoms with E-state index < -0.39 is 5.97 Å². The van der Waals surface area contributed by atoms with Crippen molar-refractivity contribution < 1.29 is 9.90 Å². The summed E-state index contributed by atoms with van der Waals surface area (Å²) in [6.45, 7) is 3.04. The highest BCUT2D eigenvalue weighted by Crippen LogP contribution is 2.29. The summed E-state index contributed by atoms with van der Waals surface area (Å²) in [4.78, 5) is 10.8. The third kappa shape index (κ3) is 3.13. The summed E-state index contributed by atoms with van der Waals surface area (Å²) in [5.74, 6) is -0.575. The van der Waals surface area contributed by atoms with Crippen LogP contribution in [0.15, 0.2) is 18.2 Å². The average Bonchev–Trinajstić information content (AvgIpc) is 2.72. The minimum Gasteiger partial charge on any atom is -0.481 e. The summed E-state index contributed by atoms with van der Waals surface area (Å²) in [7, 11) is 0. The number of fused-ring (bicyclic) bond motifs is 1. The molecule has 0 aliphatic carbocycles. The highest BCUT2D eigenvalue weighted by Gasteiger charge is 2.16. The van der Waals surface area contributed by atoms with Gasteiger partial charge in [0.15, 0.2) is 0 Å². The van der Waals surface area contributed by atoms with E-state index in [2.05, 4.69) is 17.4 Å². The zero-order valence-corrected chi connectivity index (χ0v) is 10.7. The molecule has 0 saturated carbocycles. The monoisotopic (exact) mass is 255 g/mol. The predicted octanol–water partition coefficient (Wildman–Crippen LogP) is 3.04. The van der Waals surface area contributed by atoms with Gasteiger partial charge >= 0.3 is 5.97 Å². The van der Waals surface area contributed by atoms with Crippen molar-refractivity contribution in [1.29, 1.82) is 0 Å². The molecule has 2 N–H and O–H groups in total. The molecular formula is C13H18ClNO2. The standard InChI is InChI=1S/C13H17NO2.ClH/c1-2-9(8-13(15)16)10-3-4-12-11(7-10)5-6-14-12;/h3-4,7,9,14H,2,5-6,8H2,1H3,(H,15,16);1H/t9-;/m0./s1. The van der Waals surface area contributed by atoms with Crippen LogP contribution < -0.4 is 5.32 Å². The van der Waals surface area contributed by atoms with Crippen molar-refractivity contribution in [3.8, 4) is 0 Å². The van der Waals surface area contributed by atoms with E-state index in [0.717, 1.165) is 24.9 Å². The molecule has 2 rings (SSSR count). The van der Waals surface area contributed by atoms with Crippen LogP contribution in [-0.2, 0) is 11.2 Å². The Balaban J connectivity index is 0.00000144. The van der Waals surface area contributed by atoms with Crippen molar-refractivity contribution >= 4 is 24.1 Å². The SMILES string of the molecule is CC[C@@H](CC(=O)O)c1ccc2c(c1)CCN2.Cl. The molecule has 0 radical (unpaired) electrons. The number of halogens is 1. The van der Waals surface area contributed by atoms with Crippen LogP contribution in [0.5, 0.6) is 0 Å². The van der Waals surface area contributed by atoms with Crippen molar-refractivity contribution in [3.05, 3.63) is 29.3 Å². The fourth-order valence-corrected chi connectivity index (χ4v) is 2.29. The maximum Gasteiger partial charge on any atom is 0.303 e. The molecule has 0 amide bonds. The molecule has 1 aromatic rings. The number of benzene rings is 1. The van der Waals surface area contributed by atoms with Gasteiger partial charge < -0.3 is 10.4 Å². The van der Waals surface area contributed by atoms with E-state index in [1.807, 2.05) is 13.0 Å². The lowest BCUT2D eigenvalue weighted by atomic mass is 9.91. The van der Waals surface area contributed by atoms with Gasteiger partial charge in [-0.1, -0.05) is 19.1 Å². The van der Waals surface area contributed by atoms with E-state index in [-0.39, 0.29) is 24.7 Å². The van der Waals surface area contributed by atoms with E-state index in [0.29, 0.717) is 0 Å². The number of hydrogen-bond donors (Lipinski definition) is 2. The normalized spacial score (nSPS) is 14.4. The first-order valence-corrected chi connectivity index (χ1v) is 5.79. The number of rotatable bonds is 4. The Morgan fingerprint density at radius 2 is 2.29 bits per heavy atom. The Kier molecular flexibility index (Phi) is 4.82. The summed E-state index contributed by atoms with van der Waals surface area (Å²) in [5, 5.41) is 12.2. The minimum absolute atomic E-state index is 0. The summed E-state index contributed by atoms with van der Waals surface area (Å²) in [6, 6.07) is 6.28. The second-order valence-electron chi connectivity index (χ2n) is 4.30. The average molecular weight is 256 g/mol. The molecule has 1 heterocycles. The molecule has 1 atom stereocenters. The maximum atomic E-state index is 10.8. The number of aliphatic carboxylic acids is 1. The summed E-state index contributed by atoms with van der Waals surface area (Å²) in [5.41, 5.74) is 3.68. The molecule has 0 fully saturated rings. The Bertz CT molecular complexity index is 406.